The summed E-state index contributed by atoms with van der Waals surface area (Å²) in [5, 5.41) is 21.9. The summed E-state index contributed by atoms with van der Waals surface area (Å²) >= 11 is 0. The molecule has 1 heterocycles. The number of fused-ring (bicyclic) bond motifs is 1. The summed E-state index contributed by atoms with van der Waals surface area (Å²) < 4.78 is 7.16. The Morgan fingerprint density at radius 1 is 1.57 bits per heavy atom. The lowest BCUT2D eigenvalue weighted by Crippen LogP contribution is -2.22. The maximum atomic E-state index is 10.6. The highest BCUT2D eigenvalue weighted by Gasteiger charge is 2.17. The fourth-order valence-electron chi connectivity index (χ4n) is 2.31. The van der Waals surface area contributed by atoms with Crippen LogP contribution >= 0.6 is 0 Å². The zero-order chi connectivity index (χ0) is 15.4. The summed E-state index contributed by atoms with van der Waals surface area (Å²) in [5.41, 5.74) is 1.81. The quantitative estimate of drug-likeness (QED) is 0.846. The Bertz CT molecular complexity index is 700. The van der Waals surface area contributed by atoms with Crippen molar-refractivity contribution in [1.82, 2.24) is 9.88 Å². The molecule has 0 fully saturated rings. The molecule has 2 N–H and O–H groups in total. The smallest absolute Gasteiger partial charge is 0.304 e. The summed E-state index contributed by atoms with van der Waals surface area (Å²) in [6, 6.07) is 7.30. The van der Waals surface area contributed by atoms with Gasteiger partial charge in [-0.1, -0.05) is 0 Å². The zero-order valence-corrected chi connectivity index (χ0v) is 12.0. The van der Waals surface area contributed by atoms with Crippen LogP contribution in [0, 0.1) is 11.3 Å². The van der Waals surface area contributed by atoms with Crippen LogP contribution in [0.2, 0.25) is 0 Å². The number of hydrogen-bond acceptors (Lipinski definition) is 4. The molecule has 1 unspecified atom stereocenters. The predicted octanol–water partition coefficient (Wildman–Crippen LogP) is 1.82. The van der Waals surface area contributed by atoms with Gasteiger partial charge in [0.05, 0.1) is 19.6 Å². The first-order valence-corrected chi connectivity index (χ1v) is 6.54. The second kappa shape index (κ2) is 6.29. The number of hydrogen-bond donors (Lipinski definition) is 2. The largest absolute Gasteiger partial charge is 0.497 e. The molecule has 0 amide bonds. The number of nitrogens with zero attached hydrogens (tertiary/aromatic N) is 2. The molecule has 1 atom stereocenters. The van der Waals surface area contributed by atoms with E-state index in [1.807, 2.05) is 36.0 Å². The minimum atomic E-state index is -0.890. The SMILES string of the molecule is COc1ccc2c(c1)c(C(C#N)NCCC(=O)O)cn2C. The Morgan fingerprint density at radius 2 is 2.33 bits per heavy atom. The molecule has 6 heteroatoms. The summed E-state index contributed by atoms with van der Waals surface area (Å²) in [6.45, 7) is 0.244. The summed E-state index contributed by atoms with van der Waals surface area (Å²) in [6.07, 6.45) is 1.86. The van der Waals surface area contributed by atoms with Crippen molar-refractivity contribution in [2.75, 3.05) is 13.7 Å². The number of rotatable bonds is 6. The van der Waals surface area contributed by atoms with Gasteiger partial charge in [0.15, 0.2) is 0 Å². The molecule has 0 bridgehead atoms. The maximum absolute atomic E-state index is 10.6. The second-order valence-electron chi connectivity index (χ2n) is 4.74. The van der Waals surface area contributed by atoms with Gasteiger partial charge in [-0.05, 0) is 18.2 Å². The molecule has 0 saturated carbocycles. The highest BCUT2D eigenvalue weighted by Crippen LogP contribution is 2.29. The fraction of sp³-hybridized carbons (Fsp3) is 0.333. The molecule has 0 aliphatic heterocycles. The molecule has 0 aliphatic rings. The molecule has 1 aromatic heterocycles. The Kier molecular flexibility index (Phi) is 4.45. The molecule has 110 valence electrons. The van der Waals surface area contributed by atoms with Crippen LogP contribution in [-0.2, 0) is 11.8 Å². The minimum Gasteiger partial charge on any atom is -0.497 e. The number of carboxylic acid groups (broad SMARTS) is 1. The van der Waals surface area contributed by atoms with Crippen molar-refractivity contribution in [3.63, 3.8) is 0 Å². The standard InChI is InChI=1S/C15H17N3O3/c1-18-9-12(13(8-16)17-6-5-15(19)20)11-7-10(21-2)3-4-14(11)18/h3-4,7,9,13,17H,5-6H2,1-2H3,(H,19,20). The van der Waals surface area contributed by atoms with E-state index in [-0.39, 0.29) is 13.0 Å². The third-order valence-electron chi connectivity index (χ3n) is 3.35. The Morgan fingerprint density at radius 3 is 2.95 bits per heavy atom. The van der Waals surface area contributed by atoms with Gasteiger partial charge in [-0.15, -0.1) is 0 Å². The number of carbonyl (C=O) groups is 1. The lowest BCUT2D eigenvalue weighted by molar-refractivity contribution is -0.136. The van der Waals surface area contributed by atoms with Crippen molar-refractivity contribution in [2.45, 2.75) is 12.5 Å². The number of aliphatic carboxylic acids is 1. The highest BCUT2D eigenvalue weighted by atomic mass is 16.5. The molecular weight excluding hydrogens is 270 g/mol. The average Bonchev–Trinajstić information content (AvgIpc) is 2.80. The second-order valence-corrected chi connectivity index (χ2v) is 4.74. The lowest BCUT2D eigenvalue weighted by atomic mass is 10.1. The topological polar surface area (TPSA) is 87.3 Å². The van der Waals surface area contributed by atoms with Gasteiger partial charge in [0.25, 0.3) is 0 Å². The van der Waals surface area contributed by atoms with Gasteiger partial charge in [0, 0.05) is 36.3 Å². The van der Waals surface area contributed by atoms with Gasteiger partial charge >= 0.3 is 5.97 Å². The van der Waals surface area contributed by atoms with Gasteiger partial charge in [-0.3, -0.25) is 10.1 Å². The van der Waals surface area contributed by atoms with E-state index < -0.39 is 12.0 Å². The molecule has 2 aromatic rings. The molecular formula is C15H17N3O3. The van der Waals surface area contributed by atoms with E-state index in [1.54, 1.807) is 7.11 Å². The van der Waals surface area contributed by atoms with Crippen molar-refractivity contribution >= 4 is 16.9 Å². The summed E-state index contributed by atoms with van der Waals surface area (Å²) in [4.78, 5) is 10.6. The van der Waals surface area contributed by atoms with Crippen LogP contribution in [0.1, 0.15) is 18.0 Å². The van der Waals surface area contributed by atoms with Gasteiger partial charge in [0.2, 0.25) is 0 Å². The van der Waals surface area contributed by atoms with Crippen LogP contribution in [0.25, 0.3) is 10.9 Å². The van der Waals surface area contributed by atoms with Crippen LogP contribution in [0.15, 0.2) is 24.4 Å². The third kappa shape index (κ3) is 3.15. The summed E-state index contributed by atoms with van der Waals surface area (Å²) in [5.74, 6) is -0.170. The van der Waals surface area contributed by atoms with E-state index in [0.717, 1.165) is 22.2 Å². The number of nitrogens with one attached hydrogen (secondary N) is 1. The van der Waals surface area contributed by atoms with Gasteiger partial charge in [-0.2, -0.15) is 5.26 Å². The maximum Gasteiger partial charge on any atom is 0.304 e. The molecule has 21 heavy (non-hydrogen) atoms. The number of nitriles is 1. The van der Waals surface area contributed by atoms with Crippen LogP contribution < -0.4 is 10.1 Å². The van der Waals surface area contributed by atoms with E-state index in [9.17, 15) is 10.1 Å². The first kappa shape index (κ1) is 14.9. The first-order chi connectivity index (χ1) is 10.1. The Balaban J connectivity index is 2.34. The van der Waals surface area contributed by atoms with Crippen molar-refractivity contribution < 1.29 is 14.6 Å². The number of methoxy groups -OCH3 is 1. The van der Waals surface area contributed by atoms with Gasteiger partial charge in [-0.25, -0.2) is 0 Å². The first-order valence-electron chi connectivity index (χ1n) is 6.54. The average molecular weight is 287 g/mol. The number of benzene rings is 1. The minimum absolute atomic E-state index is 0.0216. The highest BCUT2D eigenvalue weighted by molar-refractivity contribution is 5.86. The van der Waals surface area contributed by atoms with E-state index in [1.165, 1.54) is 0 Å². The molecule has 6 nitrogen and oxygen atoms in total. The van der Waals surface area contributed by atoms with E-state index in [4.69, 9.17) is 9.84 Å². The lowest BCUT2D eigenvalue weighted by Gasteiger charge is -2.10. The monoisotopic (exact) mass is 287 g/mol. The van der Waals surface area contributed by atoms with Crippen molar-refractivity contribution in [2.24, 2.45) is 7.05 Å². The molecule has 0 aliphatic carbocycles. The van der Waals surface area contributed by atoms with E-state index >= 15 is 0 Å². The molecule has 1 aromatic carbocycles. The van der Waals surface area contributed by atoms with Gasteiger partial charge in [0.1, 0.15) is 11.8 Å². The van der Waals surface area contributed by atoms with E-state index in [0.29, 0.717) is 0 Å². The predicted molar refractivity (Wildman–Crippen MR) is 78.1 cm³/mol. The van der Waals surface area contributed by atoms with Crippen LogP contribution in [0.4, 0.5) is 0 Å². The molecule has 0 saturated heterocycles. The molecule has 0 radical (unpaired) electrons. The van der Waals surface area contributed by atoms with Gasteiger partial charge < -0.3 is 14.4 Å². The Hall–Kier alpha value is -2.52. The zero-order valence-electron chi connectivity index (χ0n) is 12.0. The van der Waals surface area contributed by atoms with Crippen LogP contribution in [0.3, 0.4) is 0 Å². The number of aromatic nitrogens is 1. The van der Waals surface area contributed by atoms with Crippen LogP contribution in [0.5, 0.6) is 5.75 Å². The summed E-state index contributed by atoms with van der Waals surface area (Å²) in [7, 11) is 3.50. The van der Waals surface area contributed by atoms with E-state index in [2.05, 4.69) is 11.4 Å². The fourth-order valence-corrected chi connectivity index (χ4v) is 2.31. The third-order valence-corrected chi connectivity index (χ3v) is 3.35. The normalized spacial score (nSPS) is 12.0. The van der Waals surface area contributed by atoms with Crippen molar-refractivity contribution in [3.8, 4) is 11.8 Å². The molecule has 2 rings (SSSR count). The van der Waals surface area contributed by atoms with Crippen LogP contribution in [-0.4, -0.2) is 29.3 Å². The number of carboxylic acids is 1. The number of aryl methyl sites for hydroxylation is 1. The number of ether oxygens (including phenoxy) is 1. The Labute approximate surface area is 122 Å². The van der Waals surface area contributed by atoms with Crippen molar-refractivity contribution in [1.29, 1.82) is 5.26 Å². The molecule has 0 spiro atoms. The van der Waals surface area contributed by atoms with Crippen molar-refractivity contribution in [3.05, 3.63) is 30.0 Å².